The van der Waals surface area contributed by atoms with E-state index in [1.807, 2.05) is 12.1 Å². The Morgan fingerprint density at radius 2 is 2.16 bits per heavy atom. The third kappa shape index (κ3) is 3.44. The third-order valence-electron chi connectivity index (χ3n) is 3.10. The van der Waals surface area contributed by atoms with Gasteiger partial charge in [0.25, 0.3) is 0 Å². The van der Waals surface area contributed by atoms with Crippen molar-refractivity contribution in [3.63, 3.8) is 0 Å². The Balaban J connectivity index is 2.04. The van der Waals surface area contributed by atoms with E-state index in [4.69, 9.17) is 0 Å². The Hall–Kier alpha value is -1.62. The minimum absolute atomic E-state index is 0.241. The highest BCUT2D eigenvalue weighted by atomic mass is 19.3. The van der Waals surface area contributed by atoms with E-state index in [9.17, 15) is 8.78 Å². The van der Waals surface area contributed by atoms with Crippen LogP contribution < -0.4 is 4.74 Å². The van der Waals surface area contributed by atoms with Crippen LogP contribution in [0.15, 0.2) is 30.5 Å². The van der Waals surface area contributed by atoms with Crippen LogP contribution in [0.25, 0.3) is 0 Å². The number of rotatable bonds is 5. The predicted molar refractivity (Wildman–Crippen MR) is 69.7 cm³/mol. The molecule has 1 aromatic rings. The third-order valence-corrected chi connectivity index (χ3v) is 3.10. The monoisotopic (exact) mass is 268 g/mol. The normalized spacial score (nSPS) is 15.5. The smallest absolute Gasteiger partial charge is 0.387 e. The summed E-state index contributed by atoms with van der Waals surface area (Å²) in [5.74, 6) is 0.241. The van der Waals surface area contributed by atoms with E-state index in [1.54, 1.807) is 13.0 Å². The molecule has 0 saturated heterocycles. The number of ether oxygens (including phenoxy) is 1. The van der Waals surface area contributed by atoms with Gasteiger partial charge in [0.05, 0.1) is 0 Å². The fraction of sp³-hybridized carbons (Fsp3) is 0.429. The molecule has 0 fully saturated rings. The van der Waals surface area contributed by atoms with E-state index in [2.05, 4.69) is 34.0 Å². The number of benzene rings is 1. The zero-order valence-electron chi connectivity index (χ0n) is 11.1. The second kappa shape index (κ2) is 6.02. The van der Waals surface area contributed by atoms with Gasteiger partial charge in [-0.15, -0.1) is 0 Å². The van der Waals surface area contributed by atoms with E-state index in [0.717, 1.165) is 30.8 Å². The molecule has 1 aliphatic heterocycles. The molecule has 0 N–H and O–H groups in total. The van der Waals surface area contributed by atoms with Gasteiger partial charge >= 0.3 is 6.61 Å². The molecule has 1 aromatic carbocycles. The molecular formula is C14H18F2N2O. The Morgan fingerprint density at radius 3 is 2.79 bits per heavy atom. The van der Waals surface area contributed by atoms with E-state index in [1.165, 1.54) is 0 Å². The average molecular weight is 268 g/mol. The summed E-state index contributed by atoms with van der Waals surface area (Å²) in [4.78, 5) is 0. The Kier molecular flexibility index (Phi) is 4.37. The number of hydrogen-bond donors (Lipinski definition) is 0. The molecule has 104 valence electrons. The van der Waals surface area contributed by atoms with Gasteiger partial charge in [-0.2, -0.15) is 8.78 Å². The van der Waals surface area contributed by atoms with E-state index >= 15 is 0 Å². The van der Waals surface area contributed by atoms with Crippen LogP contribution in [0.4, 0.5) is 8.78 Å². The standard InChI is InChI=1S/C14H18F2N2O/c1-3-17-7-4-8-18(17)10-12-5-6-13(11(2)9-12)19-14(15)16/h4-7,9,14H,3,8,10H2,1-2H3. The second-order valence-electron chi connectivity index (χ2n) is 4.47. The molecule has 1 heterocycles. The summed E-state index contributed by atoms with van der Waals surface area (Å²) in [6.07, 6.45) is 4.16. The van der Waals surface area contributed by atoms with Crippen LogP contribution in [-0.4, -0.2) is 29.7 Å². The highest BCUT2D eigenvalue weighted by Crippen LogP contribution is 2.22. The molecule has 5 heteroatoms. The van der Waals surface area contributed by atoms with Gasteiger partial charge in [0.15, 0.2) is 0 Å². The van der Waals surface area contributed by atoms with E-state index in [-0.39, 0.29) is 5.75 Å². The van der Waals surface area contributed by atoms with Crippen LogP contribution in [-0.2, 0) is 6.54 Å². The lowest BCUT2D eigenvalue weighted by Gasteiger charge is -2.28. The Morgan fingerprint density at radius 1 is 1.37 bits per heavy atom. The van der Waals surface area contributed by atoms with Crippen molar-refractivity contribution in [1.29, 1.82) is 0 Å². The summed E-state index contributed by atoms with van der Waals surface area (Å²) < 4.78 is 28.8. The molecule has 0 spiro atoms. The predicted octanol–water partition coefficient (Wildman–Crippen LogP) is 3.16. The number of hydrazine groups is 1. The zero-order chi connectivity index (χ0) is 13.8. The van der Waals surface area contributed by atoms with Crippen molar-refractivity contribution in [2.45, 2.75) is 27.0 Å². The number of aryl methyl sites for hydroxylation is 1. The van der Waals surface area contributed by atoms with Crippen molar-refractivity contribution in [3.8, 4) is 5.75 Å². The Labute approximate surface area is 112 Å². The van der Waals surface area contributed by atoms with Gasteiger partial charge in [0.2, 0.25) is 0 Å². The molecule has 0 atom stereocenters. The summed E-state index contributed by atoms with van der Waals surface area (Å²) >= 11 is 0. The lowest BCUT2D eigenvalue weighted by Crippen LogP contribution is -2.34. The highest BCUT2D eigenvalue weighted by molar-refractivity contribution is 5.36. The molecule has 0 amide bonds. The molecule has 0 bridgehead atoms. The van der Waals surface area contributed by atoms with Gasteiger partial charge in [-0.3, -0.25) is 0 Å². The molecule has 0 unspecified atom stereocenters. The van der Waals surface area contributed by atoms with Gasteiger partial charge in [-0.1, -0.05) is 18.2 Å². The van der Waals surface area contributed by atoms with Gasteiger partial charge in [-0.25, -0.2) is 5.01 Å². The fourth-order valence-corrected chi connectivity index (χ4v) is 2.20. The van der Waals surface area contributed by atoms with Crippen molar-refractivity contribution in [1.82, 2.24) is 10.0 Å². The molecule has 19 heavy (non-hydrogen) atoms. The molecule has 0 aliphatic carbocycles. The van der Waals surface area contributed by atoms with Crippen LogP contribution in [0.3, 0.4) is 0 Å². The van der Waals surface area contributed by atoms with Crippen LogP contribution in [0.1, 0.15) is 18.1 Å². The maximum absolute atomic E-state index is 12.2. The SMILES string of the molecule is CCN1C=CCN1Cc1ccc(OC(F)F)c(C)c1. The molecule has 3 nitrogen and oxygen atoms in total. The quantitative estimate of drug-likeness (QED) is 0.816. The van der Waals surface area contributed by atoms with Gasteiger partial charge < -0.3 is 9.75 Å². The van der Waals surface area contributed by atoms with Crippen LogP contribution >= 0.6 is 0 Å². The second-order valence-corrected chi connectivity index (χ2v) is 4.47. The lowest BCUT2D eigenvalue weighted by molar-refractivity contribution is -0.0503. The molecular weight excluding hydrogens is 250 g/mol. The first-order valence-electron chi connectivity index (χ1n) is 6.32. The van der Waals surface area contributed by atoms with Gasteiger partial charge in [0.1, 0.15) is 5.75 Å². The summed E-state index contributed by atoms with van der Waals surface area (Å²) in [7, 11) is 0. The van der Waals surface area contributed by atoms with Gasteiger partial charge in [0, 0.05) is 25.8 Å². The zero-order valence-corrected chi connectivity index (χ0v) is 11.1. The van der Waals surface area contributed by atoms with Crippen molar-refractivity contribution >= 4 is 0 Å². The van der Waals surface area contributed by atoms with Crippen LogP contribution in [0.5, 0.6) is 5.75 Å². The van der Waals surface area contributed by atoms with Crippen molar-refractivity contribution in [2.24, 2.45) is 0 Å². The van der Waals surface area contributed by atoms with E-state index in [0.29, 0.717) is 0 Å². The van der Waals surface area contributed by atoms with Crippen molar-refractivity contribution in [3.05, 3.63) is 41.6 Å². The minimum Gasteiger partial charge on any atom is -0.435 e. The Bertz CT molecular complexity index is 463. The number of nitrogens with zero attached hydrogens (tertiary/aromatic N) is 2. The van der Waals surface area contributed by atoms with Crippen molar-refractivity contribution < 1.29 is 13.5 Å². The molecule has 0 aromatic heterocycles. The first kappa shape index (κ1) is 13.8. The first-order chi connectivity index (χ1) is 9.10. The summed E-state index contributed by atoms with van der Waals surface area (Å²) in [5, 5.41) is 4.33. The highest BCUT2D eigenvalue weighted by Gasteiger charge is 2.15. The largest absolute Gasteiger partial charge is 0.435 e. The summed E-state index contributed by atoms with van der Waals surface area (Å²) in [5.41, 5.74) is 1.81. The number of hydrogen-bond acceptors (Lipinski definition) is 3. The fourth-order valence-electron chi connectivity index (χ4n) is 2.20. The molecule has 0 radical (unpaired) electrons. The minimum atomic E-state index is -2.78. The molecule has 0 saturated carbocycles. The number of alkyl halides is 2. The molecule has 2 rings (SSSR count). The topological polar surface area (TPSA) is 15.7 Å². The molecule has 1 aliphatic rings. The van der Waals surface area contributed by atoms with Crippen molar-refractivity contribution in [2.75, 3.05) is 13.1 Å². The lowest BCUT2D eigenvalue weighted by atomic mass is 10.1. The van der Waals surface area contributed by atoms with Crippen LogP contribution in [0, 0.1) is 6.92 Å². The van der Waals surface area contributed by atoms with Crippen LogP contribution in [0.2, 0.25) is 0 Å². The summed E-state index contributed by atoms with van der Waals surface area (Å²) in [6.45, 7) is 3.65. The maximum Gasteiger partial charge on any atom is 0.387 e. The first-order valence-corrected chi connectivity index (χ1v) is 6.32. The summed E-state index contributed by atoms with van der Waals surface area (Å²) in [6, 6.07) is 5.33. The van der Waals surface area contributed by atoms with E-state index < -0.39 is 6.61 Å². The number of halogens is 2. The maximum atomic E-state index is 12.2. The van der Waals surface area contributed by atoms with Gasteiger partial charge in [-0.05, 0) is 31.0 Å². The average Bonchev–Trinajstić information content (AvgIpc) is 2.79.